The Morgan fingerprint density at radius 1 is 1.03 bits per heavy atom. The van der Waals surface area contributed by atoms with Crippen molar-refractivity contribution in [2.75, 3.05) is 6.61 Å². The number of esters is 1. The molecule has 0 aliphatic carbocycles. The summed E-state index contributed by atoms with van der Waals surface area (Å²) in [5, 5.41) is 4.95. The average molecular weight is 512 g/mol. The van der Waals surface area contributed by atoms with Crippen LogP contribution in [0.2, 0.25) is 10.0 Å². The van der Waals surface area contributed by atoms with Crippen molar-refractivity contribution in [2.45, 2.75) is 6.92 Å². The first kappa shape index (κ1) is 22.7. The van der Waals surface area contributed by atoms with Gasteiger partial charge in [-0.1, -0.05) is 35.3 Å². The van der Waals surface area contributed by atoms with Gasteiger partial charge in [-0.15, -0.1) is 11.3 Å². The van der Waals surface area contributed by atoms with Gasteiger partial charge in [0.25, 0.3) is 5.56 Å². The number of pyridine rings is 1. The standard InChI is InChI=1S/C25H19Cl2N3O3S/c1-4-33-25(32)22-28-20(12-34-22)13-5-8-21-16(9-13)17-11-18(15-7-6-14(26)10-19(15)27)24(31)30(3)23(17)29(21)2/h5-12H,4H2,1-3H3. The van der Waals surface area contributed by atoms with Crippen molar-refractivity contribution in [1.29, 1.82) is 0 Å². The molecule has 0 saturated carbocycles. The van der Waals surface area contributed by atoms with Crippen LogP contribution in [-0.4, -0.2) is 26.7 Å². The molecule has 0 N–H and O–H groups in total. The predicted octanol–water partition coefficient (Wildman–Crippen LogP) is 6.30. The number of halogens is 2. The largest absolute Gasteiger partial charge is 0.461 e. The van der Waals surface area contributed by atoms with E-state index in [0.29, 0.717) is 38.5 Å². The van der Waals surface area contributed by atoms with Crippen molar-refractivity contribution in [2.24, 2.45) is 14.1 Å². The van der Waals surface area contributed by atoms with Gasteiger partial charge >= 0.3 is 5.97 Å². The minimum atomic E-state index is -0.426. The zero-order chi connectivity index (χ0) is 24.1. The number of nitrogens with zero attached hydrogens (tertiary/aromatic N) is 3. The monoisotopic (exact) mass is 511 g/mol. The van der Waals surface area contributed by atoms with Gasteiger partial charge in [-0.25, -0.2) is 9.78 Å². The first-order valence-corrected chi connectivity index (χ1v) is 12.1. The molecular weight excluding hydrogens is 493 g/mol. The fourth-order valence-electron chi connectivity index (χ4n) is 4.24. The Hall–Kier alpha value is -3.13. The second kappa shape index (κ2) is 8.58. The van der Waals surface area contributed by atoms with Crippen molar-refractivity contribution in [3.05, 3.63) is 73.3 Å². The number of thiazole rings is 1. The van der Waals surface area contributed by atoms with Crippen LogP contribution in [-0.2, 0) is 18.8 Å². The molecule has 0 saturated heterocycles. The summed E-state index contributed by atoms with van der Waals surface area (Å²) < 4.78 is 8.69. The Morgan fingerprint density at radius 2 is 1.82 bits per heavy atom. The van der Waals surface area contributed by atoms with E-state index in [-0.39, 0.29) is 5.56 Å². The van der Waals surface area contributed by atoms with Gasteiger partial charge in [0.15, 0.2) is 0 Å². The van der Waals surface area contributed by atoms with Crippen molar-refractivity contribution >= 4 is 62.4 Å². The molecule has 0 atom stereocenters. The molecule has 0 aliphatic rings. The zero-order valence-electron chi connectivity index (χ0n) is 18.6. The number of aryl methyl sites for hydroxylation is 2. The van der Waals surface area contributed by atoms with Crippen LogP contribution in [0.4, 0.5) is 0 Å². The van der Waals surface area contributed by atoms with Crippen molar-refractivity contribution in [3.8, 4) is 22.4 Å². The van der Waals surface area contributed by atoms with Gasteiger partial charge in [-0.3, -0.25) is 9.36 Å². The second-order valence-electron chi connectivity index (χ2n) is 7.83. The van der Waals surface area contributed by atoms with Gasteiger partial charge in [-0.05, 0) is 37.3 Å². The molecule has 5 aromatic rings. The smallest absolute Gasteiger partial charge is 0.367 e. The van der Waals surface area contributed by atoms with Crippen molar-refractivity contribution in [1.82, 2.24) is 14.1 Å². The van der Waals surface area contributed by atoms with Gasteiger partial charge < -0.3 is 9.30 Å². The lowest BCUT2D eigenvalue weighted by Gasteiger charge is -2.09. The number of hydrogen-bond donors (Lipinski definition) is 0. The molecule has 3 aromatic heterocycles. The van der Waals surface area contributed by atoms with Crippen LogP contribution < -0.4 is 5.56 Å². The molecule has 5 rings (SSSR count). The number of benzene rings is 2. The lowest BCUT2D eigenvalue weighted by Crippen LogP contribution is -2.20. The maximum absolute atomic E-state index is 13.3. The van der Waals surface area contributed by atoms with E-state index in [1.54, 1.807) is 36.7 Å². The van der Waals surface area contributed by atoms with E-state index in [2.05, 4.69) is 4.98 Å². The van der Waals surface area contributed by atoms with Crippen LogP contribution in [0.5, 0.6) is 0 Å². The number of fused-ring (bicyclic) bond motifs is 3. The van der Waals surface area contributed by atoms with Gasteiger partial charge in [0, 0.05) is 52.0 Å². The zero-order valence-corrected chi connectivity index (χ0v) is 20.9. The summed E-state index contributed by atoms with van der Waals surface area (Å²) in [6, 6.07) is 13.0. The predicted molar refractivity (Wildman–Crippen MR) is 138 cm³/mol. The van der Waals surface area contributed by atoms with Gasteiger partial charge in [0.1, 0.15) is 5.65 Å². The van der Waals surface area contributed by atoms with E-state index < -0.39 is 5.97 Å². The Kier molecular flexibility index (Phi) is 5.72. The van der Waals surface area contributed by atoms with Crippen LogP contribution in [0.3, 0.4) is 0 Å². The SMILES string of the molecule is CCOC(=O)c1nc(-c2ccc3c(c2)c2cc(-c4ccc(Cl)cc4Cl)c(=O)n(C)c2n3C)cs1. The summed E-state index contributed by atoms with van der Waals surface area (Å²) in [5.74, 6) is -0.426. The molecule has 0 unspecified atom stereocenters. The molecule has 0 bridgehead atoms. The number of ether oxygens (including phenoxy) is 1. The number of rotatable bonds is 4. The van der Waals surface area contributed by atoms with E-state index in [1.165, 1.54) is 11.3 Å². The number of hydrogen-bond acceptors (Lipinski definition) is 5. The summed E-state index contributed by atoms with van der Waals surface area (Å²) in [4.78, 5) is 29.8. The number of carbonyl (C=O) groups excluding carboxylic acids is 1. The van der Waals surface area contributed by atoms with Crippen LogP contribution in [0.15, 0.2) is 52.6 Å². The third-order valence-corrected chi connectivity index (χ3v) is 7.19. The molecule has 0 amide bonds. The molecule has 172 valence electrons. The summed E-state index contributed by atoms with van der Waals surface area (Å²) in [6.45, 7) is 2.06. The Morgan fingerprint density at radius 3 is 2.56 bits per heavy atom. The molecule has 6 nitrogen and oxygen atoms in total. The van der Waals surface area contributed by atoms with Crippen molar-refractivity contribution in [3.63, 3.8) is 0 Å². The van der Waals surface area contributed by atoms with E-state index in [1.807, 2.05) is 41.3 Å². The Labute approximate surface area is 208 Å². The molecular formula is C25H19Cl2N3O3S. The molecule has 2 aromatic carbocycles. The summed E-state index contributed by atoms with van der Waals surface area (Å²) in [7, 11) is 3.68. The fraction of sp³-hybridized carbons (Fsp3) is 0.160. The van der Waals surface area contributed by atoms with Crippen LogP contribution >= 0.6 is 34.5 Å². The van der Waals surface area contributed by atoms with E-state index in [4.69, 9.17) is 27.9 Å². The molecule has 0 spiro atoms. The van der Waals surface area contributed by atoms with E-state index in [0.717, 1.165) is 27.5 Å². The highest BCUT2D eigenvalue weighted by Crippen LogP contribution is 2.35. The molecule has 9 heteroatoms. The van der Waals surface area contributed by atoms with Gasteiger partial charge in [0.05, 0.1) is 22.8 Å². The summed E-state index contributed by atoms with van der Waals surface area (Å²) >= 11 is 13.7. The Balaban J connectivity index is 1.73. The maximum Gasteiger partial charge on any atom is 0.367 e. The third-order valence-electron chi connectivity index (χ3n) is 5.82. The highest BCUT2D eigenvalue weighted by molar-refractivity contribution is 7.11. The quantitative estimate of drug-likeness (QED) is 0.265. The summed E-state index contributed by atoms with van der Waals surface area (Å²) in [5.41, 5.74) is 4.28. The fourth-order valence-corrected chi connectivity index (χ4v) is 5.47. The second-order valence-corrected chi connectivity index (χ2v) is 9.53. The normalized spacial score (nSPS) is 11.4. The lowest BCUT2D eigenvalue weighted by molar-refractivity contribution is 0.0526. The average Bonchev–Trinajstić information content (AvgIpc) is 3.40. The first-order chi connectivity index (χ1) is 16.3. The van der Waals surface area contributed by atoms with E-state index in [9.17, 15) is 9.59 Å². The molecule has 0 radical (unpaired) electrons. The Bertz CT molecular complexity index is 1670. The third kappa shape index (κ3) is 3.60. The van der Waals surface area contributed by atoms with Crippen LogP contribution in [0.1, 0.15) is 16.7 Å². The number of carbonyl (C=O) groups is 1. The highest BCUT2D eigenvalue weighted by atomic mass is 35.5. The minimum absolute atomic E-state index is 0.151. The van der Waals surface area contributed by atoms with E-state index >= 15 is 0 Å². The van der Waals surface area contributed by atoms with Gasteiger partial charge in [-0.2, -0.15) is 0 Å². The minimum Gasteiger partial charge on any atom is -0.461 e. The van der Waals surface area contributed by atoms with Crippen LogP contribution in [0, 0.1) is 0 Å². The highest BCUT2D eigenvalue weighted by Gasteiger charge is 2.19. The first-order valence-electron chi connectivity index (χ1n) is 10.5. The van der Waals surface area contributed by atoms with Gasteiger partial charge in [0.2, 0.25) is 5.01 Å². The molecule has 34 heavy (non-hydrogen) atoms. The molecule has 0 aliphatic heterocycles. The van der Waals surface area contributed by atoms with Crippen molar-refractivity contribution < 1.29 is 9.53 Å². The maximum atomic E-state index is 13.3. The van der Waals surface area contributed by atoms with Crippen LogP contribution in [0.25, 0.3) is 44.3 Å². The molecule has 0 fully saturated rings. The number of aromatic nitrogens is 3. The molecule has 3 heterocycles. The lowest BCUT2D eigenvalue weighted by atomic mass is 10.0. The topological polar surface area (TPSA) is 66.1 Å². The summed E-state index contributed by atoms with van der Waals surface area (Å²) in [6.07, 6.45) is 0.